The molecule has 0 spiro atoms. The molecule has 0 aliphatic heterocycles. The first-order chi connectivity index (χ1) is 9.63. The lowest BCUT2D eigenvalue weighted by Crippen LogP contribution is -2.33. The van der Waals surface area contributed by atoms with Crippen LogP contribution in [0.25, 0.3) is 0 Å². The summed E-state index contributed by atoms with van der Waals surface area (Å²) >= 11 is 1.89. The lowest BCUT2D eigenvalue weighted by molar-refractivity contribution is 0.569. The Morgan fingerprint density at radius 1 is 1.35 bits per heavy atom. The number of hydrogen-bond donors (Lipinski definition) is 1. The fourth-order valence-corrected chi connectivity index (χ4v) is 3.07. The number of aromatic nitrogens is 1. The molecule has 0 saturated heterocycles. The minimum atomic E-state index is 0.370. The highest BCUT2D eigenvalue weighted by Crippen LogP contribution is 2.19. The average Bonchev–Trinajstić information content (AvgIpc) is 2.49. The molecule has 0 amide bonds. The summed E-state index contributed by atoms with van der Waals surface area (Å²) in [5.41, 5.74) is 1.26. The van der Waals surface area contributed by atoms with Gasteiger partial charge in [0.05, 0.1) is 0 Å². The number of rotatable bonds is 9. The van der Waals surface area contributed by atoms with E-state index >= 15 is 0 Å². The molecule has 0 aromatic carbocycles. The van der Waals surface area contributed by atoms with Crippen LogP contribution in [-0.2, 0) is 0 Å². The lowest BCUT2D eigenvalue weighted by Gasteiger charge is -2.28. The Hall–Kier alpha value is -0.740. The Bertz CT molecular complexity index is 366. The van der Waals surface area contributed by atoms with Gasteiger partial charge in [0.2, 0.25) is 0 Å². The molecule has 0 saturated carbocycles. The highest BCUT2D eigenvalue weighted by atomic mass is 32.2. The maximum Gasteiger partial charge on any atom is 0.128 e. The largest absolute Gasteiger partial charge is 0.356 e. The van der Waals surface area contributed by atoms with E-state index in [1.54, 1.807) is 0 Å². The third-order valence-corrected chi connectivity index (χ3v) is 4.43. The predicted molar refractivity (Wildman–Crippen MR) is 91.8 cm³/mol. The average molecular weight is 295 g/mol. The molecule has 1 rings (SSSR count). The topological polar surface area (TPSA) is 28.2 Å². The highest BCUT2D eigenvalue weighted by Gasteiger charge is 2.14. The second-order valence-electron chi connectivity index (χ2n) is 5.25. The molecule has 0 aliphatic rings. The number of thioether (sulfide) groups is 1. The zero-order valence-electron chi connectivity index (χ0n) is 13.5. The fourth-order valence-electron chi connectivity index (χ4n) is 2.22. The van der Waals surface area contributed by atoms with Gasteiger partial charge in [-0.3, -0.25) is 0 Å². The van der Waals surface area contributed by atoms with Crippen molar-refractivity contribution in [2.45, 2.75) is 45.7 Å². The molecule has 1 N–H and O–H groups in total. The van der Waals surface area contributed by atoms with E-state index in [1.165, 1.54) is 5.56 Å². The number of nitrogens with zero attached hydrogens (tertiary/aromatic N) is 2. The van der Waals surface area contributed by atoms with E-state index in [4.69, 9.17) is 0 Å². The van der Waals surface area contributed by atoms with E-state index in [0.717, 1.165) is 31.0 Å². The third-order valence-electron chi connectivity index (χ3n) is 3.71. The van der Waals surface area contributed by atoms with Crippen LogP contribution in [0.5, 0.6) is 0 Å². The van der Waals surface area contributed by atoms with Crippen LogP contribution in [-0.4, -0.2) is 36.6 Å². The van der Waals surface area contributed by atoms with E-state index in [-0.39, 0.29) is 0 Å². The Balaban J connectivity index is 2.69. The van der Waals surface area contributed by atoms with Crippen LogP contribution in [0.1, 0.15) is 45.2 Å². The second kappa shape index (κ2) is 9.24. The van der Waals surface area contributed by atoms with Crippen molar-refractivity contribution in [1.29, 1.82) is 0 Å². The van der Waals surface area contributed by atoms with Gasteiger partial charge in [-0.25, -0.2) is 4.98 Å². The SMILES string of the molecule is CCCNC(C)c1ccc(N(C)C(CC)CSC)nc1. The van der Waals surface area contributed by atoms with E-state index < -0.39 is 0 Å². The zero-order valence-corrected chi connectivity index (χ0v) is 14.3. The van der Waals surface area contributed by atoms with Crippen molar-refractivity contribution in [3.63, 3.8) is 0 Å². The molecule has 0 aliphatic carbocycles. The summed E-state index contributed by atoms with van der Waals surface area (Å²) in [6.45, 7) is 7.67. The molecule has 1 heterocycles. The molecule has 20 heavy (non-hydrogen) atoms. The fraction of sp³-hybridized carbons (Fsp3) is 0.688. The zero-order chi connectivity index (χ0) is 15.0. The van der Waals surface area contributed by atoms with Gasteiger partial charge in [-0.15, -0.1) is 0 Å². The summed E-state index contributed by atoms with van der Waals surface area (Å²) in [6, 6.07) is 5.26. The van der Waals surface area contributed by atoms with Crippen molar-refractivity contribution in [3.05, 3.63) is 23.9 Å². The summed E-state index contributed by atoms with van der Waals surface area (Å²) in [6.07, 6.45) is 6.47. The molecule has 0 radical (unpaired) electrons. The summed E-state index contributed by atoms with van der Waals surface area (Å²) in [5.74, 6) is 2.21. The third kappa shape index (κ3) is 4.98. The van der Waals surface area contributed by atoms with Gasteiger partial charge >= 0.3 is 0 Å². The second-order valence-corrected chi connectivity index (χ2v) is 6.16. The minimum absolute atomic E-state index is 0.370. The van der Waals surface area contributed by atoms with Gasteiger partial charge in [-0.2, -0.15) is 11.8 Å². The van der Waals surface area contributed by atoms with Crippen molar-refractivity contribution in [3.8, 4) is 0 Å². The summed E-state index contributed by atoms with van der Waals surface area (Å²) in [5, 5.41) is 3.49. The Labute approximate surface area is 128 Å². The molecule has 1 aromatic rings. The number of nitrogens with one attached hydrogen (secondary N) is 1. The predicted octanol–water partition coefficient (Wildman–Crippen LogP) is 3.72. The van der Waals surface area contributed by atoms with Crippen LogP contribution in [0, 0.1) is 0 Å². The molecule has 1 aromatic heterocycles. The maximum atomic E-state index is 4.64. The van der Waals surface area contributed by atoms with Gasteiger partial charge in [0.15, 0.2) is 0 Å². The van der Waals surface area contributed by atoms with Gasteiger partial charge in [0.25, 0.3) is 0 Å². The van der Waals surface area contributed by atoms with Gasteiger partial charge < -0.3 is 10.2 Å². The first-order valence-electron chi connectivity index (χ1n) is 7.55. The van der Waals surface area contributed by atoms with Gasteiger partial charge in [0.1, 0.15) is 5.82 Å². The van der Waals surface area contributed by atoms with Crippen LogP contribution < -0.4 is 10.2 Å². The van der Waals surface area contributed by atoms with Crippen molar-refractivity contribution < 1.29 is 0 Å². The maximum absolute atomic E-state index is 4.64. The van der Waals surface area contributed by atoms with E-state index in [2.05, 4.69) is 61.4 Å². The van der Waals surface area contributed by atoms with Crippen molar-refractivity contribution >= 4 is 17.6 Å². The van der Waals surface area contributed by atoms with Crippen LogP contribution in [0.4, 0.5) is 5.82 Å². The number of pyridine rings is 1. The van der Waals surface area contributed by atoms with Crippen LogP contribution in [0.3, 0.4) is 0 Å². The minimum Gasteiger partial charge on any atom is -0.356 e. The van der Waals surface area contributed by atoms with Gasteiger partial charge in [0, 0.05) is 31.1 Å². The summed E-state index contributed by atoms with van der Waals surface area (Å²) in [4.78, 5) is 6.93. The first kappa shape index (κ1) is 17.3. The normalized spacial score (nSPS) is 14.1. The number of anilines is 1. The molecule has 3 nitrogen and oxygen atoms in total. The monoisotopic (exact) mass is 295 g/mol. The Morgan fingerprint density at radius 2 is 2.10 bits per heavy atom. The quantitative estimate of drug-likeness (QED) is 0.751. The van der Waals surface area contributed by atoms with Crippen molar-refractivity contribution in [1.82, 2.24) is 10.3 Å². The van der Waals surface area contributed by atoms with Crippen LogP contribution in [0.15, 0.2) is 18.3 Å². The molecular formula is C16H29N3S. The van der Waals surface area contributed by atoms with Crippen molar-refractivity contribution in [2.75, 3.05) is 30.5 Å². The van der Waals surface area contributed by atoms with Gasteiger partial charge in [-0.05, 0) is 44.2 Å². The van der Waals surface area contributed by atoms with E-state index in [1.807, 2.05) is 18.0 Å². The summed E-state index contributed by atoms with van der Waals surface area (Å²) < 4.78 is 0. The Morgan fingerprint density at radius 3 is 2.60 bits per heavy atom. The van der Waals surface area contributed by atoms with E-state index in [0.29, 0.717) is 12.1 Å². The molecule has 2 unspecified atom stereocenters. The molecule has 0 fully saturated rings. The number of hydrogen-bond acceptors (Lipinski definition) is 4. The molecule has 2 atom stereocenters. The molecule has 4 heteroatoms. The van der Waals surface area contributed by atoms with Crippen LogP contribution in [0.2, 0.25) is 0 Å². The highest BCUT2D eigenvalue weighted by molar-refractivity contribution is 7.98. The lowest BCUT2D eigenvalue weighted by atomic mass is 10.1. The Kier molecular flexibility index (Phi) is 8.00. The smallest absolute Gasteiger partial charge is 0.128 e. The standard InChI is InChI=1S/C16H29N3S/c1-6-10-17-13(3)14-8-9-16(18-11-14)19(4)15(7-2)12-20-5/h8-9,11,13,15,17H,6-7,10,12H2,1-5H3. The molecular weight excluding hydrogens is 266 g/mol. The summed E-state index contributed by atoms with van der Waals surface area (Å²) in [7, 11) is 2.14. The van der Waals surface area contributed by atoms with E-state index in [9.17, 15) is 0 Å². The molecule has 114 valence electrons. The molecule has 0 bridgehead atoms. The van der Waals surface area contributed by atoms with Crippen molar-refractivity contribution in [2.24, 2.45) is 0 Å². The first-order valence-corrected chi connectivity index (χ1v) is 8.94. The van der Waals surface area contributed by atoms with Crippen LogP contribution >= 0.6 is 11.8 Å². The van der Waals surface area contributed by atoms with Gasteiger partial charge in [-0.1, -0.05) is 19.9 Å².